The summed E-state index contributed by atoms with van der Waals surface area (Å²) in [5, 5.41) is 10.1. The summed E-state index contributed by atoms with van der Waals surface area (Å²) >= 11 is 6.18. The highest BCUT2D eigenvalue weighted by atomic mass is 35.5. The van der Waals surface area contributed by atoms with E-state index in [4.69, 9.17) is 16.3 Å². The van der Waals surface area contributed by atoms with Crippen LogP contribution in [0, 0.1) is 0 Å². The number of aliphatic imine (C=N–C) groups is 1. The van der Waals surface area contributed by atoms with Gasteiger partial charge in [-0.1, -0.05) is 23.7 Å². The van der Waals surface area contributed by atoms with Crippen molar-refractivity contribution >= 4 is 35.0 Å². The molecule has 1 aliphatic heterocycles. The molecule has 3 N–H and O–H groups in total. The molecule has 0 saturated carbocycles. The fraction of sp³-hybridized carbons (Fsp3) is 0.364. The summed E-state index contributed by atoms with van der Waals surface area (Å²) in [4.78, 5) is 17.9. The number of rotatable bonds is 6. The van der Waals surface area contributed by atoms with Gasteiger partial charge in [-0.05, 0) is 42.3 Å². The number of nitrogens with one attached hydrogen (secondary N) is 3. The number of guanidine groups is 1. The molecule has 166 valence electrons. The van der Waals surface area contributed by atoms with Crippen LogP contribution < -0.4 is 25.6 Å². The van der Waals surface area contributed by atoms with Crippen LogP contribution in [0.1, 0.15) is 12.0 Å². The Morgan fingerprint density at radius 2 is 2.00 bits per heavy atom. The molecule has 1 fully saturated rings. The average molecular weight is 446 g/mol. The molecule has 0 aliphatic carbocycles. The largest absolute Gasteiger partial charge is 0.495 e. The van der Waals surface area contributed by atoms with Crippen LogP contribution in [-0.4, -0.2) is 52.5 Å². The van der Waals surface area contributed by atoms with Gasteiger partial charge in [-0.25, -0.2) is 4.79 Å². The standard InChI is InChI=1S/C22H28ClN5O3/c1-24-21(25-13-15-4-7-17(8-5-15)27-22(29)31-3)26-18-10-11-28(14-18)19-12-16(23)6-9-20(19)30-2/h4-9,12,18H,10-11,13-14H2,1-3H3,(H,27,29)(H2,24,25,26). The first-order chi connectivity index (χ1) is 15.0. The molecule has 3 rings (SSSR count). The van der Waals surface area contributed by atoms with Crippen LogP contribution >= 0.6 is 11.6 Å². The lowest BCUT2D eigenvalue weighted by atomic mass is 10.2. The molecular weight excluding hydrogens is 418 g/mol. The minimum absolute atomic E-state index is 0.251. The molecule has 9 heteroatoms. The van der Waals surface area contributed by atoms with E-state index in [1.807, 2.05) is 42.5 Å². The van der Waals surface area contributed by atoms with E-state index >= 15 is 0 Å². The molecule has 0 aromatic heterocycles. The lowest BCUT2D eigenvalue weighted by molar-refractivity contribution is 0.187. The number of anilines is 2. The summed E-state index contributed by atoms with van der Waals surface area (Å²) in [5.74, 6) is 1.55. The maximum Gasteiger partial charge on any atom is 0.411 e. The van der Waals surface area contributed by atoms with E-state index in [0.29, 0.717) is 17.3 Å². The Labute approximate surface area is 187 Å². The Bertz CT molecular complexity index is 920. The number of amides is 1. The Morgan fingerprint density at radius 3 is 2.68 bits per heavy atom. The molecule has 0 bridgehead atoms. The van der Waals surface area contributed by atoms with Gasteiger partial charge >= 0.3 is 6.09 Å². The second-order valence-corrected chi connectivity index (χ2v) is 7.57. The van der Waals surface area contributed by atoms with Gasteiger partial charge in [0.1, 0.15) is 5.75 Å². The normalized spacial score (nSPS) is 16.1. The number of benzene rings is 2. The molecule has 2 aromatic carbocycles. The molecule has 1 atom stereocenters. The number of nitrogens with zero attached hydrogens (tertiary/aromatic N) is 2. The van der Waals surface area contributed by atoms with Crippen LogP contribution in [0.2, 0.25) is 5.02 Å². The van der Waals surface area contributed by atoms with Crippen molar-refractivity contribution in [3.8, 4) is 5.75 Å². The number of hydrogen-bond acceptors (Lipinski definition) is 5. The minimum Gasteiger partial charge on any atom is -0.495 e. The van der Waals surface area contributed by atoms with E-state index in [-0.39, 0.29) is 6.04 Å². The van der Waals surface area contributed by atoms with Gasteiger partial charge in [0, 0.05) is 43.4 Å². The van der Waals surface area contributed by atoms with Gasteiger partial charge in [-0.15, -0.1) is 0 Å². The van der Waals surface area contributed by atoms with Crippen molar-refractivity contribution in [2.75, 3.05) is 44.6 Å². The summed E-state index contributed by atoms with van der Waals surface area (Å²) in [6, 6.07) is 13.5. The molecule has 1 unspecified atom stereocenters. The van der Waals surface area contributed by atoms with Gasteiger partial charge < -0.3 is 25.0 Å². The van der Waals surface area contributed by atoms with Crippen LogP contribution in [-0.2, 0) is 11.3 Å². The van der Waals surface area contributed by atoms with Crippen molar-refractivity contribution in [2.45, 2.75) is 19.0 Å². The van der Waals surface area contributed by atoms with Crippen molar-refractivity contribution in [1.82, 2.24) is 10.6 Å². The maximum absolute atomic E-state index is 11.3. The Morgan fingerprint density at radius 1 is 1.23 bits per heavy atom. The summed E-state index contributed by atoms with van der Waals surface area (Å²) in [7, 11) is 4.76. The van der Waals surface area contributed by atoms with Gasteiger partial charge in [0.2, 0.25) is 0 Å². The van der Waals surface area contributed by atoms with Crippen molar-refractivity contribution in [2.24, 2.45) is 4.99 Å². The third kappa shape index (κ3) is 6.18. The third-order valence-corrected chi connectivity index (χ3v) is 5.32. The number of halogens is 1. The van der Waals surface area contributed by atoms with Crippen LogP contribution in [0.15, 0.2) is 47.5 Å². The third-order valence-electron chi connectivity index (χ3n) is 5.08. The fourth-order valence-corrected chi connectivity index (χ4v) is 3.62. The van der Waals surface area contributed by atoms with Crippen LogP contribution in [0.25, 0.3) is 0 Å². The van der Waals surface area contributed by atoms with E-state index in [9.17, 15) is 4.79 Å². The lowest BCUT2D eigenvalue weighted by Gasteiger charge is -2.22. The smallest absolute Gasteiger partial charge is 0.411 e. The number of methoxy groups -OCH3 is 2. The predicted octanol–water partition coefficient (Wildman–Crippen LogP) is 3.47. The minimum atomic E-state index is -0.489. The van der Waals surface area contributed by atoms with Crippen LogP contribution in [0.3, 0.4) is 0 Å². The van der Waals surface area contributed by atoms with E-state index in [0.717, 1.165) is 42.5 Å². The second-order valence-electron chi connectivity index (χ2n) is 7.13. The number of carbonyl (C=O) groups is 1. The zero-order chi connectivity index (χ0) is 22.2. The van der Waals surface area contributed by atoms with E-state index < -0.39 is 6.09 Å². The molecule has 1 aliphatic rings. The Hall–Kier alpha value is -3.13. The SMILES string of the molecule is CN=C(NCc1ccc(NC(=O)OC)cc1)NC1CCN(c2cc(Cl)ccc2OC)C1. The molecule has 0 spiro atoms. The van der Waals surface area contributed by atoms with E-state index in [1.54, 1.807) is 14.2 Å². The lowest BCUT2D eigenvalue weighted by Crippen LogP contribution is -2.44. The monoisotopic (exact) mass is 445 g/mol. The zero-order valence-electron chi connectivity index (χ0n) is 17.9. The summed E-state index contributed by atoms with van der Waals surface area (Å²) in [6.07, 6.45) is 0.487. The van der Waals surface area contributed by atoms with Gasteiger partial charge in [0.05, 0.1) is 19.9 Å². The summed E-state index contributed by atoms with van der Waals surface area (Å²) < 4.78 is 10.1. The van der Waals surface area contributed by atoms with Crippen molar-refractivity contribution < 1.29 is 14.3 Å². The van der Waals surface area contributed by atoms with Gasteiger partial charge in [-0.3, -0.25) is 10.3 Å². The zero-order valence-corrected chi connectivity index (χ0v) is 18.7. The first-order valence-electron chi connectivity index (χ1n) is 10.0. The molecule has 31 heavy (non-hydrogen) atoms. The van der Waals surface area contributed by atoms with Crippen LogP contribution in [0.5, 0.6) is 5.75 Å². The average Bonchev–Trinajstić information content (AvgIpc) is 3.25. The van der Waals surface area contributed by atoms with Crippen LogP contribution in [0.4, 0.5) is 16.2 Å². The maximum atomic E-state index is 11.3. The number of carbonyl (C=O) groups excluding carboxylic acids is 1. The Balaban J connectivity index is 1.52. The van der Waals surface area contributed by atoms with E-state index in [2.05, 4.69) is 30.6 Å². The molecule has 1 amide bonds. The summed E-state index contributed by atoms with van der Waals surface area (Å²) in [5.41, 5.74) is 2.75. The van der Waals surface area contributed by atoms with E-state index in [1.165, 1.54) is 7.11 Å². The van der Waals surface area contributed by atoms with Crippen molar-refractivity contribution in [1.29, 1.82) is 0 Å². The molecule has 0 radical (unpaired) electrons. The predicted molar refractivity (Wildman–Crippen MR) is 124 cm³/mol. The van der Waals surface area contributed by atoms with Crippen molar-refractivity contribution in [3.63, 3.8) is 0 Å². The quantitative estimate of drug-likeness (QED) is 0.466. The molecule has 1 saturated heterocycles. The van der Waals surface area contributed by atoms with Gasteiger partial charge in [0.15, 0.2) is 5.96 Å². The number of ether oxygens (including phenoxy) is 2. The first-order valence-corrected chi connectivity index (χ1v) is 10.4. The van der Waals surface area contributed by atoms with Crippen molar-refractivity contribution in [3.05, 3.63) is 53.1 Å². The highest BCUT2D eigenvalue weighted by Crippen LogP contribution is 2.33. The first kappa shape index (κ1) is 22.6. The molecular formula is C22H28ClN5O3. The highest BCUT2D eigenvalue weighted by molar-refractivity contribution is 6.30. The molecule has 2 aromatic rings. The Kier molecular flexibility index (Phi) is 7.83. The van der Waals surface area contributed by atoms with Gasteiger partial charge in [-0.2, -0.15) is 0 Å². The molecule has 8 nitrogen and oxygen atoms in total. The van der Waals surface area contributed by atoms with Gasteiger partial charge in [0.25, 0.3) is 0 Å². The topological polar surface area (TPSA) is 87.2 Å². The number of hydrogen-bond donors (Lipinski definition) is 3. The molecule has 1 heterocycles. The highest BCUT2D eigenvalue weighted by Gasteiger charge is 2.25. The summed E-state index contributed by atoms with van der Waals surface area (Å²) in [6.45, 7) is 2.34. The second kappa shape index (κ2) is 10.8. The fourth-order valence-electron chi connectivity index (χ4n) is 3.46.